The van der Waals surface area contributed by atoms with Crippen molar-refractivity contribution in [2.45, 2.75) is 64.2 Å². The van der Waals surface area contributed by atoms with Crippen molar-refractivity contribution in [2.24, 2.45) is 5.92 Å². The molecule has 0 saturated heterocycles. The van der Waals surface area contributed by atoms with E-state index in [1.165, 1.54) is 35.1 Å². The molecule has 0 aromatic heterocycles. The van der Waals surface area contributed by atoms with Crippen LogP contribution in [0, 0.1) is 5.92 Å². The average molecular weight is 504 g/mol. The van der Waals surface area contributed by atoms with Crippen LogP contribution in [0.3, 0.4) is 0 Å². The standard InChI is InChI=1S/C18H17.C9H13.C2H6Si.Zr/c1-2-5-14-8-10-16(11-9-14)18-13-12-15-6-3-4-7-17(15)18;1-6-5-7(2)9(4)8(6)3;1-3-2;/h3-4,6-13H,2,5H2,1H3;6H,1-4H3;1-2H3;. The molecule has 31 heavy (non-hydrogen) atoms. The summed E-state index contributed by atoms with van der Waals surface area (Å²) >= 11 is -1.91. The van der Waals surface area contributed by atoms with Gasteiger partial charge in [0, 0.05) is 0 Å². The summed E-state index contributed by atoms with van der Waals surface area (Å²) in [5, 5.41) is 0. The Morgan fingerprint density at radius 2 is 1.58 bits per heavy atom. The van der Waals surface area contributed by atoms with E-state index < -0.39 is 20.4 Å². The molecular formula is C29H36SiZr. The van der Waals surface area contributed by atoms with Gasteiger partial charge >= 0.3 is 198 Å². The van der Waals surface area contributed by atoms with E-state index in [1.807, 2.05) is 3.28 Å². The van der Waals surface area contributed by atoms with Gasteiger partial charge in [-0.1, -0.05) is 0 Å². The first-order valence-corrected chi connectivity index (χ1v) is 20.6. The minimum atomic E-state index is -1.91. The molecule has 0 spiro atoms. The van der Waals surface area contributed by atoms with Crippen molar-refractivity contribution in [1.82, 2.24) is 0 Å². The molecule has 2 aliphatic carbocycles. The van der Waals surface area contributed by atoms with Gasteiger partial charge in [-0.25, -0.2) is 0 Å². The molecule has 2 unspecified atom stereocenters. The molecule has 0 bridgehead atoms. The summed E-state index contributed by atoms with van der Waals surface area (Å²) in [5.41, 5.74) is 11.9. The summed E-state index contributed by atoms with van der Waals surface area (Å²) in [5.74, 6) is 0.659. The van der Waals surface area contributed by atoms with E-state index in [0.717, 1.165) is 0 Å². The molecule has 0 N–H and O–H groups in total. The van der Waals surface area contributed by atoms with Gasteiger partial charge in [0.15, 0.2) is 0 Å². The first-order chi connectivity index (χ1) is 14.8. The van der Waals surface area contributed by atoms with Crippen LogP contribution in [0.1, 0.15) is 66.9 Å². The fourth-order valence-electron chi connectivity index (χ4n) is 5.54. The van der Waals surface area contributed by atoms with Gasteiger partial charge in [-0.2, -0.15) is 0 Å². The van der Waals surface area contributed by atoms with E-state index in [9.17, 15) is 0 Å². The van der Waals surface area contributed by atoms with Crippen LogP contribution < -0.4 is 0 Å². The molecule has 2 atom stereocenters. The van der Waals surface area contributed by atoms with Crippen molar-refractivity contribution >= 4 is 11.0 Å². The predicted octanol–water partition coefficient (Wildman–Crippen LogP) is 8.25. The molecule has 2 aliphatic rings. The SMILES string of the molecule is CCCc1ccc(C2=C[CH]([Zr]([C]3=C(C)C(C)=C(C)C3C)=[Si](C)C)c3ccccc32)cc1. The van der Waals surface area contributed by atoms with Crippen molar-refractivity contribution in [2.75, 3.05) is 0 Å². The average Bonchev–Trinajstić information content (AvgIpc) is 3.22. The van der Waals surface area contributed by atoms with Gasteiger partial charge in [0.25, 0.3) is 0 Å². The second-order valence-electron chi connectivity index (χ2n) is 9.57. The van der Waals surface area contributed by atoms with Gasteiger partial charge in [0.1, 0.15) is 0 Å². The Morgan fingerprint density at radius 3 is 2.16 bits per heavy atom. The third-order valence-electron chi connectivity index (χ3n) is 7.50. The molecule has 2 aromatic carbocycles. The van der Waals surface area contributed by atoms with Gasteiger partial charge in [0.05, 0.1) is 0 Å². The topological polar surface area (TPSA) is 0 Å². The fourth-order valence-corrected chi connectivity index (χ4v) is 25.2. The first kappa shape index (κ1) is 22.9. The maximum absolute atomic E-state index is 2.70. The number of rotatable bonds is 5. The van der Waals surface area contributed by atoms with Gasteiger partial charge in [-0.05, 0) is 0 Å². The molecule has 2 heteroatoms. The van der Waals surface area contributed by atoms with Crippen molar-refractivity contribution < 1.29 is 20.4 Å². The summed E-state index contributed by atoms with van der Waals surface area (Å²) in [4.78, 5) is 0. The van der Waals surface area contributed by atoms with Gasteiger partial charge in [-0.15, -0.1) is 0 Å². The number of benzene rings is 2. The predicted molar refractivity (Wildman–Crippen MR) is 134 cm³/mol. The zero-order valence-electron chi connectivity index (χ0n) is 20.3. The molecule has 0 radical (unpaired) electrons. The summed E-state index contributed by atoms with van der Waals surface area (Å²) in [6.45, 7) is 17.1. The number of allylic oxidation sites excluding steroid dienone is 5. The molecule has 2 aromatic rings. The van der Waals surface area contributed by atoms with Gasteiger partial charge < -0.3 is 0 Å². The molecule has 0 nitrogen and oxygen atoms in total. The van der Waals surface area contributed by atoms with Crippen LogP contribution in [-0.4, -0.2) is 5.43 Å². The molecule has 4 rings (SSSR count). The van der Waals surface area contributed by atoms with Crippen molar-refractivity contribution in [3.8, 4) is 0 Å². The van der Waals surface area contributed by atoms with E-state index >= 15 is 0 Å². The third kappa shape index (κ3) is 4.11. The Hall–Kier alpha value is -1.24. The fraction of sp³-hybridized carbons (Fsp3) is 0.379. The number of hydrogen-bond donors (Lipinski definition) is 0. The van der Waals surface area contributed by atoms with Gasteiger partial charge in [0.2, 0.25) is 0 Å². The Kier molecular flexibility index (Phi) is 6.90. The molecule has 0 heterocycles. The molecule has 0 saturated carbocycles. The minimum absolute atomic E-state index is 0.343. The Labute approximate surface area is 197 Å². The number of aryl methyl sites for hydroxylation is 1. The summed E-state index contributed by atoms with van der Waals surface area (Å²) in [7, 11) is 0. The second kappa shape index (κ2) is 9.32. The van der Waals surface area contributed by atoms with Crippen molar-refractivity contribution in [1.29, 1.82) is 0 Å². The molecule has 0 aliphatic heterocycles. The van der Waals surface area contributed by atoms with Gasteiger partial charge in [-0.3, -0.25) is 0 Å². The van der Waals surface area contributed by atoms with Crippen LogP contribution in [0.15, 0.2) is 74.6 Å². The van der Waals surface area contributed by atoms with E-state index in [4.69, 9.17) is 0 Å². The number of hydrogen-bond acceptors (Lipinski definition) is 0. The second-order valence-corrected chi connectivity index (χ2v) is 27.0. The van der Waals surface area contributed by atoms with Crippen LogP contribution in [0.25, 0.3) is 5.57 Å². The first-order valence-electron chi connectivity index (χ1n) is 11.8. The molecule has 160 valence electrons. The Bertz CT molecular complexity index is 1140. The zero-order chi connectivity index (χ0) is 22.3. The Morgan fingerprint density at radius 1 is 0.903 bits per heavy atom. The van der Waals surface area contributed by atoms with E-state index in [1.54, 1.807) is 22.3 Å². The van der Waals surface area contributed by atoms with E-state index in [-0.39, 0.29) is 5.43 Å². The summed E-state index contributed by atoms with van der Waals surface area (Å²) < 4.78 is 2.59. The normalized spacial score (nSPS) is 20.3. The van der Waals surface area contributed by atoms with Crippen LogP contribution in [0.2, 0.25) is 13.1 Å². The molecule has 0 amide bonds. The van der Waals surface area contributed by atoms with Crippen LogP contribution in [0.5, 0.6) is 0 Å². The summed E-state index contributed by atoms with van der Waals surface area (Å²) in [6.07, 6.45) is 5.08. The quantitative estimate of drug-likeness (QED) is 0.360. The van der Waals surface area contributed by atoms with Crippen LogP contribution in [-0.2, 0) is 26.8 Å². The molecular weight excluding hydrogens is 468 g/mol. The van der Waals surface area contributed by atoms with E-state index in [0.29, 0.717) is 9.54 Å². The maximum atomic E-state index is 2.70. The Balaban J connectivity index is 1.84. The number of fused-ring (bicyclic) bond motifs is 1. The van der Waals surface area contributed by atoms with Crippen molar-refractivity contribution in [3.63, 3.8) is 0 Å². The monoisotopic (exact) mass is 502 g/mol. The molecule has 0 fully saturated rings. The zero-order valence-corrected chi connectivity index (χ0v) is 23.7. The van der Waals surface area contributed by atoms with Crippen molar-refractivity contribution in [3.05, 3.63) is 96.9 Å². The van der Waals surface area contributed by atoms with Crippen LogP contribution >= 0.6 is 0 Å². The summed E-state index contributed by atoms with van der Waals surface area (Å²) in [6, 6.07) is 18.7. The third-order valence-corrected chi connectivity index (χ3v) is 26.1. The van der Waals surface area contributed by atoms with E-state index in [2.05, 4.69) is 102 Å². The van der Waals surface area contributed by atoms with Crippen LogP contribution in [0.4, 0.5) is 0 Å².